The number of rotatable bonds is 6. The molecule has 1 fully saturated rings. The smallest absolute Gasteiger partial charge is 0.223 e. The molecule has 3 heteroatoms. The van der Waals surface area contributed by atoms with Crippen molar-refractivity contribution in [1.29, 1.82) is 0 Å². The molecule has 3 nitrogen and oxygen atoms in total. The Labute approximate surface area is 98.8 Å². The molecule has 0 aromatic heterocycles. The van der Waals surface area contributed by atoms with Crippen LogP contribution in [0.4, 0.5) is 0 Å². The average Bonchev–Trinajstić information content (AvgIpc) is 2.74. The van der Waals surface area contributed by atoms with Gasteiger partial charge in [0.05, 0.1) is 0 Å². The second kappa shape index (κ2) is 6.89. The zero-order valence-corrected chi connectivity index (χ0v) is 10.6. The SMILES string of the molecule is CCC(C)CC(=O)N1CCCC1CCCO. The lowest BCUT2D eigenvalue weighted by Crippen LogP contribution is -2.36. The van der Waals surface area contributed by atoms with Crippen LogP contribution in [-0.2, 0) is 4.79 Å². The van der Waals surface area contributed by atoms with Crippen LogP contribution in [0.2, 0.25) is 0 Å². The van der Waals surface area contributed by atoms with E-state index in [1.807, 2.05) is 4.90 Å². The van der Waals surface area contributed by atoms with Crippen molar-refractivity contribution in [3.05, 3.63) is 0 Å². The molecule has 0 saturated carbocycles. The molecule has 1 heterocycles. The Kier molecular flexibility index (Phi) is 5.81. The van der Waals surface area contributed by atoms with E-state index in [-0.39, 0.29) is 6.61 Å². The van der Waals surface area contributed by atoms with Crippen LogP contribution in [0, 0.1) is 5.92 Å². The number of likely N-dealkylation sites (tertiary alicyclic amines) is 1. The van der Waals surface area contributed by atoms with Gasteiger partial charge in [0.25, 0.3) is 0 Å². The van der Waals surface area contributed by atoms with Gasteiger partial charge in [0.2, 0.25) is 5.91 Å². The second-order valence-corrected chi connectivity index (χ2v) is 4.97. The lowest BCUT2D eigenvalue weighted by molar-refractivity contribution is -0.133. The predicted octanol–water partition coefficient (Wildman–Crippen LogP) is 2.19. The summed E-state index contributed by atoms with van der Waals surface area (Å²) >= 11 is 0. The highest BCUT2D eigenvalue weighted by molar-refractivity contribution is 5.77. The van der Waals surface area contributed by atoms with Gasteiger partial charge < -0.3 is 10.0 Å². The quantitative estimate of drug-likeness (QED) is 0.755. The summed E-state index contributed by atoms with van der Waals surface area (Å²) in [6.45, 7) is 5.43. The highest BCUT2D eigenvalue weighted by Gasteiger charge is 2.28. The van der Waals surface area contributed by atoms with E-state index in [9.17, 15) is 4.79 Å². The molecule has 1 aliphatic heterocycles. The van der Waals surface area contributed by atoms with Crippen molar-refractivity contribution in [2.75, 3.05) is 13.2 Å². The highest BCUT2D eigenvalue weighted by atomic mass is 16.3. The molecule has 1 saturated heterocycles. The average molecular weight is 227 g/mol. The Morgan fingerprint density at radius 3 is 2.94 bits per heavy atom. The number of amides is 1. The maximum absolute atomic E-state index is 12.1. The summed E-state index contributed by atoms with van der Waals surface area (Å²) in [5.41, 5.74) is 0. The first kappa shape index (κ1) is 13.5. The molecule has 0 aromatic carbocycles. The molecule has 2 unspecified atom stereocenters. The van der Waals surface area contributed by atoms with Gasteiger partial charge in [-0.1, -0.05) is 20.3 Å². The van der Waals surface area contributed by atoms with E-state index < -0.39 is 0 Å². The molecule has 0 radical (unpaired) electrons. The molecule has 0 bridgehead atoms. The summed E-state index contributed by atoms with van der Waals surface area (Å²) in [5.74, 6) is 0.807. The fraction of sp³-hybridized carbons (Fsp3) is 0.923. The van der Waals surface area contributed by atoms with Crippen LogP contribution in [0.1, 0.15) is 52.4 Å². The van der Waals surface area contributed by atoms with Gasteiger partial charge >= 0.3 is 0 Å². The van der Waals surface area contributed by atoms with Gasteiger partial charge in [-0.2, -0.15) is 0 Å². The molecular weight excluding hydrogens is 202 g/mol. The Bertz CT molecular complexity index is 218. The number of carbonyl (C=O) groups excluding carboxylic acids is 1. The zero-order chi connectivity index (χ0) is 12.0. The normalized spacial score (nSPS) is 22.4. The van der Waals surface area contributed by atoms with Crippen molar-refractivity contribution in [3.8, 4) is 0 Å². The number of aliphatic hydroxyl groups is 1. The number of aliphatic hydroxyl groups excluding tert-OH is 1. The number of hydrogen-bond acceptors (Lipinski definition) is 2. The Morgan fingerprint density at radius 2 is 2.31 bits per heavy atom. The number of nitrogens with zero attached hydrogens (tertiary/aromatic N) is 1. The van der Waals surface area contributed by atoms with Gasteiger partial charge in [-0.25, -0.2) is 0 Å². The van der Waals surface area contributed by atoms with Gasteiger partial charge in [0, 0.05) is 25.6 Å². The van der Waals surface area contributed by atoms with E-state index in [0.717, 1.165) is 38.6 Å². The monoisotopic (exact) mass is 227 g/mol. The van der Waals surface area contributed by atoms with Gasteiger partial charge in [-0.15, -0.1) is 0 Å². The Morgan fingerprint density at radius 1 is 1.56 bits per heavy atom. The van der Waals surface area contributed by atoms with Crippen LogP contribution in [0.3, 0.4) is 0 Å². The second-order valence-electron chi connectivity index (χ2n) is 4.97. The van der Waals surface area contributed by atoms with Crippen molar-refractivity contribution in [3.63, 3.8) is 0 Å². The summed E-state index contributed by atoms with van der Waals surface area (Å²) in [6, 6.07) is 0.392. The van der Waals surface area contributed by atoms with E-state index in [0.29, 0.717) is 24.3 Å². The van der Waals surface area contributed by atoms with Crippen LogP contribution in [-0.4, -0.2) is 35.1 Å². The molecule has 1 N–H and O–H groups in total. The highest BCUT2D eigenvalue weighted by Crippen LogP contribution is 2.23. The van der Waals surface area contributed by atoms with Gasteiger partial charge in [0.15, 0.2) is 0 Å². The Hall–Kier alpha value is -0.570. The fourth-order valence-electron chi connectivity index (χ4n) is 2.35. The maximum Gasteiger partial charge on any atom is 0.223 e. The van der Waals surface area contributed by atoms with Crippen LogP contribution in [0.15, 0.2) is 0 Å². The van der Waals surface area contributed by atoms with E-state index in [1.54, 1.807) is 0 Å². The molecule has 1 aliphatic rings. The van der Waals surface area contributed by atoms with E-state index >= 15 is 0 Å². The molecule has 16 heavy (non-hydrogen) atoms. The van der Waals surface area contributed by atoms with Gasteiger partial charge in [-0.3, -0.25) is 4.79 Å². The number of carbonyl (C=O) groups is 1. The molecule has 0 aromatic rings. The third-order valence-corrected chi connectivity index (χ3v) is 3.61. The Balaban J connectivity index is 2.41. The van der Waals surface area contributed by atoms with Crippen LogP contribution in [0.25, 0.3) is 0 Å². The third-order valence-electron chi connectivity index (χ3n) is 3.61. The van der Waals surface area contributed by atoms with Gasteiger partial charge in [0.1, 0.15) is 0 Å². The third kappa shape index (κ3) is 3.78. The lowest BCUT2D eigenvalue weighted by atomic mass is 10.0. The van der Waals surface area contributed by atoms with Crippen molar-refractivity contribution in [1.82, 2.24) is 4.90 Å². The minimum absolute atomic E-state index is 0.240. The molecule has 0 spiro atoms. The first-order chi connectivity index (χ1) is 7.69. The van der Waals surface area contributed by atoms with E-state index in [1.165, 1.54) is 0 Å². The van der Waals surface area contributed by atoms with Crippen molar-refractivity contribution >= 4 is 5.91 Å². The van der Waals surface area contributed by atoms with Crippen LogP contribution in [0.5, 0.6) is 0 Å². The van der Waals surface area contributed by atoms with Crippen LogP contribution >= 0.6 is 0 Å². The molecule has 94 valence electrons. The lowest BCUT2D eigenvalue weighted by Gasteiger charge is -2.25. The minimum atomic E-state index is 0.240. The summed E-state index contributed by atoms with van der Waals surface area (Å²) in [6.07, 6.45) is 5.78. The molecular formula is C13H25NO2. The van der Waals surface area contributed by atoms with Crippen molar-refractivity contribution in [2.24, 2.45) is 5.92 Å². The van der Waals surface area contributed by atoms with Crippen molar-refractivity contribution in [2.45, 2.75) is 58.4 Å². The minimum Gasteiger partial charge on any atom is -0.396 e. The summed E-state index contributed by atoms with van der Waals surface area (Å²) in [4.78, 5) is 14.1. The number of hydrogen-bond donors (Lipinski definition) is 1. The first-order valence-corrected chi connectivity index (χ1v) is 6.59. The zero-order valence-electron chi connectivity index (χ0n) is 10.6. The topological polar surface area (TPSA) is 40.5 Å². The first-order valence-electron chi connectivity index (χ1n) is 6.59. The maximum atomic E-state index is 12.1. The van der Waals surface area contributed by atoms with Gasteiger partial charge in [-0.05, 0) is 31.6 Å². The molecule has 1 rings (SSSR count). The summed E-state index contributed by atoms with van der Waals surface area (Å²) in [5, 5.41) is 8.83. The standard InChI is InChI=1S/C13H25NO2/c1-3-11(2)10-13(16)14-8-4-6-12(14)7-5-9-15/h11-12,15H,3-10H2,1-2H3. The fourth-order valence-corrected chi connectivity index (χ4v) is 2.35. The predicted molar refractivity (Wildman–Crippen MR) is 65.1 cm³/mol. The molecule has 0 aliphatic carbocycles. The van der Waals surface area contributed by atoms with E-state index in [2.05, 4.69) is 13.8 Å². The van der Waals surface area contributed by atoms with Crippen LogP contribution < -0.4 is 0 Å². The molecule has 2 atom stereocenters. The summed E-state index contributed by atoms with van der Waals surface area (Å²) < 4.78 is 0. The molecule has 1 amide bonds. The van der Waals surface area contributed by atoms with E-state index in [4.69, 9.17) is 5.11 Å². The largest absolute Gasteiger partial charge is 0.396 e. The van der Waals surface area contributed by atoms with Crippen molar-refractivity contribution < 1.29 is 9.90 Å². The summed E-state index contributed by atoms with van der Waals surface area (Å²) in [7, 11) is 0.